The summed E-state index contributed by atoms with van der Waals surface area (Å²) in [7, 11) is 0. The van der Waals surface area contributed by atoms with Crippen LogP contribution >= 0.6 is 0 Å². The van der Waals surface area contributed by atoms with Crippen LogP contribution < -0.4 is 0 Å². The van der Waals surface area contributed by atoms with Crippen LogP contribution in [0.15, 0.2) is 46.6 Å². The van der Waals surface area contributed by atoms with Crippen LogP contribution in [-0.2, 0) is 12.9 Å². The van der Waals surface area contributed by atoms with E-state index in [4.69, 9.17) is 0 Å². The van der Waals surface area contributed by atoms with Crippen molar-refractivity contribution in [2.75, 3.05) is 0 Å². The number of hydrogen-bond donors (Lipinski definition) is 0. The molecule has 0 aromatic rings. The number of rotatable bonds is 1. The van der Waals surface area contributed by atoms with E-state index in [1.807, 2.05) is 0 Å². The van der Waals surface area contributed by atoms with Gasteiger partial charge in [0.1, 0.15) is 0 Å². The minimum absolute atomic E-state index is 1.20. The monoisotopic (exact) mass is 441 g/mol. The van der Waals surface area contributed by atoms with Crippen molar-refractivity contribution in [1.82, 2.24) is 0 Å². The molecule has 19 heavy (non-hydrogen) atoms. The first-order valence-corrected chi connectivity index (χ1v) is 20.0. The molecule has 0 aliphatic heterocycles. The fourth-order valence-electron chi connectivity index (χ4n) is 1.90. The SMILES string of the molecule is C1=C\CCCC\C=C/1.[CH3][Ir]([CH3])([CH3])([CH3])([CH3])[C]1=CC=CC1. The van der Waals surface area contributed by atoms with Gasteiger partial charge in [0.15, 0.2) is 0 Å². The third kappa shape index (κ3) is 7.08. The van der Waals surface area contributed by atoms with Crippen molar-refractivity contribution >= 4 is 0 Å². The minimum atomic E-state index is -2.61. The maximum absolute atomic E-state index is 2.61. The van der Waals surface area contributed by atoms with E-state index in [1.165, 1.54) is 32.1 Å². The molecule has 0 saturated carbocycles. The molecule has 0 unspecified atom stereocenters. The van der Waals surface area contributed by atoms with E-state index in [2.05, 4.69) is 69.7 Å². The van der Waals surface area contributed by atoms with Crippen LogP contribution in [0.25, 0.3) is 0 Å². The zero-order valence-corrected chi connectivity index (χ0v) is 15.8. The predicted octanol–water partition coefficient (Wildman–Crippen LogP) is 6.97. The van der Waals surface area contributed by atoms with Gasteiger partial charge in [-0.3, -0.25) is 0 Å². The van der Waals surface area contributed by atoms with E-state index in [9.17, 15) is 0 Å². The van der Waals surface area contributed by atoms with E-state index in [0.717, 1.165) is 0 Å². The average molecular weight is 441 g/mol. The van der Waals surface area contributed by atoms with Crippen molar-refractivity contribution in [3.63, 3.8) is 0 Å². The van der Waals surface area contributed by atoms with Crippen molar-refractivity contribution < 1.29 is 12.9 Å². The zero-order valence-electron chi connectivity index (χ0n) is 13.4. The van der Waals surface area contributed by atoms with E-state index in [0.29, 0.717) is 0 Å². The van der Waals surface area contributed by atoms with E-state index in [1.54, 1.807) is 4.09 Å². The van der Waals surface area contributed by atoms with Gasteiger partial charge < -0.3 is 0 Å². The van der Waals surface area contributed by atoms with Gasteiger partial charge >= 0.3 is 68.8 Å². The van der Waals surface area contributed by atoms with Gasteiger partial charge in [-0.2, -0.15) is 0 Å². The van der Waals surface area contributed by atoms with Gasteiger partial charge in [0, 0.05) is 0 Å². The molecule has 0 bridgehead atoms. The van der Waals surface area contributed by atoms with Crippen LogP contribution in [0.1, 0.15) is 32.1 Å². The third-order valence-electron chi connectivity index (χ3n) is 3.15. The Bertz CT molecular complexity index is 395. The van der Waals surface area contributed by atoms with Crippen LogP contribution in [-0.4, -0.2) is 0 Å². The molecule has 0 saturated heterocycles. The fraction of sp³-hybridized carbons (Fsp3) is 0.556. The van der Waals surface area contributed by atoms with Crippen LogP contribution in [0.3, 0.4) is 0 Å². The molecule has 2 rings (SSSR count). The second kappa shape index (κ2) is 5.54. The molecule has 2 aliphatic rings. The van der Waals surface area contributed by atoms with Crippen molar-refractivity contribution in [1.29, 1.82) is 0 Å². The van der Waals surface area contributed by atoms with Gasteiger partial charge in [0.25, 0.3) is 0 Å². The summed E-state index contributed by atoms with van der Waals surface area (Å²) < 4.78 is 1.70. The van der Waals surface area contributed by atoms with Gasteiger partial charge in [0.05, 0.1) is 0 Å². The molecule has 0 heterocycles. The molecule has 0 fully saturated rings. The summed E-state index contributed by atoms with van der Waals surface area (Å²) in [6.07, 6.45) is 22.0. The van der Waals surface area contributed by atoms with E-state index < -0.39 is 12.9 Å². The summed E-state index contributed by atoms with van der Waals surface area (Å²) in [4.78, 5) is 0. The second-order valence-electron chi connectivity index (χ2n) is 7.52. The van der Waals surface area contributed by atoms with Gasteiger partial charge in [0.2, 0.25) is 0 Å². The van der Waals surface area contributed by atoms with Gasteiger partial charge in [-0.15, -0.1) is 0 Å². The summed E-state index contributed by atoms with van der Waals surface area (Å²) >= 11 is -2.61. The van der Waals surface area contributed by atoms with Crippen molar-refractivity contribution in [2.45, 2.75) is 59.3 Å². The Labute approximate surface area is 119 Å². The molecular weight excluding hydrogens is 408 g/mol. The Balaban J connectivity index is 0.000000200. The Kier molecular flexibility index (Phi) is 4.86. The summed E-state index contributed by atoms with van der Waals surface area (Å²) in [6.45, 7) is 0. The molecule has 2 aliphatic carbocycles. The maximum atomic E-state index is 2.48. The summed E-state index contributed by atoms with van der Waals surface area (Å²) in [5, 5.41) is 0. The molecular formula is C18H32Ir. The molecule has 0 amide bonds. The first-order chi connectivity index (χ1) is 8.59. The zero-order chi connectivity index (χ0) is 14.5. The van der Waals surface area contributed by atoms with Crippen molar-refractivity contribution in [3.05, 3.63) is 46.6 Å². The molecule has 1 heteroatoms. The summed E-state index contributed by atoms with van der Waals surface area (Å²) in [5.74, 6) is 0. The average Bonchev–Trinajstić information content (AvgIpc) is 2.66. The molecule has 0 N–H and O–H groups in total. The molecule has 0 atom stereocenters. The normalized spacial score (nSPS) is 25.8. The topological polar surface area (TPSA) is 0 Å². The van der Waals surface area contributed by atoms with Crippen LogP contribution in [0.4, 0.5) is 0 Å². The van der Waals surface area contributed by atoms with E-state index >= 15 is 0 Å². The Morgan fingerprint density at radius 2 is 1.26 bits per heavy atom. The Hall–Kier alpha value is -0.391. The van der Waals surface area contributed by atoms with Crippen LogP contribution in [0.2, 0.25) is 27.2 Å². The standard InChI is InChI=1S/C8H12.C5H5.5CH3.Ir/c1-2-4-6-8-7-5-3-1;1-2-4-5-3-1;;;;;;/h1-4H,5-8H2;1-3H,4H2;5*1H3;/b3-1-,4-2-;;;;;;;. The molecule has 0 aromatic carbocycles. The summed E-state index contributed by atoms with van der Waals surface area (Å²) in [6, 6.07) is 0. The van der Waals surface area contributed by atoms with Crippen molar-refractivity contribution in [2.24, 2.45) is 0 Å². The molecule has 0 aromatic heterocycles. The molecule has 0 nitrogen and oxygen atoms in total. The van der Waals surface area contributed by atoms with Crippen LogP contribution in [0.5, 0.6) is 0 Å². The second-order valence-corrected chi connectivity index (χ2v) is 39.0. The van der Waals surface area contributed by atoms with Gasteiger partial charge in [-0.1, -0.05) is 24.3 Å². The quantitative estimate of drug-likeness (QED) is 0.413. The Morgan fingerprint density at radius 3 is 1.58 bits per heavy atom. The molecule has 0 radical (unpaired) electrons. The van der Waals surface area contributed by atoms with Crippen molar-refractivity contribution in [3.8, 4) is 0 Å². The van der Waals surface area contributed by atoms with Gasteiger partial charge in [-0.05, 0) is 25.7 Å². The first kappa shape index (κ1) is 16.7. The first-order valence-electron chi connectivity index (χ1n) is 6.87. The Morgan fingerprint density at radius 1 is 0.737 bits per heavy atom. The third-order valence-corrected chi connectivity index (χ3v) is 11.7. The molecule has 113 valence electrons. The number of hydrogen-bond acceptors (Lipinski definition) is 0. The van der Waals surface area contributed by atoms with Crippen LogP contribution in [0, 0.1) is 0 Å². The van der Waals surface area contributed by atoms with Gasteiger partial charge in [-0.25, -0.2) is 0 Å². The number of allylic oxidation sites excluding steroid dienone is 8. The summed E-state index contributed by atoms with van der Waals surface area (Å²) in [5.41, 5.74) is 12.4. The molecule has 0 spiro atoms. The fourth-order valence-corrected chi connectivity index (χ4v) is 6.86. The van der Waals surface area contributed by atoms with E-state index in [-0.39, 0.29) is 0 Å². The predicted molar refractivity (Wildman–Crippen MR) is 87.9 cm³/mol.